The minimum atomic E-state index is -0.649. The Morgan fingerprint density at radius 3 is 2.58 bits per heavy atom. The van der Waals surface area contributed by atoms with E-state index in [-0.39, 0.29) is 12.2 Å². The summed E-state index contributed by atoms with van der Waals surface area (Å²) in [4.78, 5) is 38.2. The smallest absolute Gasteiger partial charge is 0.329 e. The van der Waals surface area contributed by atoms with Crippen molar-refractivity contribution in [1.29, 1.82) is 0 Å². The van der Waals surface area contributed by atoms with Crippen LogP contribution in [0.4, 0.5) is 10.5 Å². The molecule has 1 saturated heterocycles. The Morgan fingerprint density at radius 1 is 1.23 bits per heavy atom. The first kappa shape index (κ1) is 22.6. The third-order valence-electron chi connectivity index (χ3n) is 4.45. The van der Waals surface area contributed by atoms with Gasteiger partial charge in [-0.15, -0.1) is 0 Å². The summed E-state index contributed by atoms with van der Waals surface area (Å²) >= 11 is 2.11. The third-order valence-corrected chi connectivity index (χ3v) is 5.25. The Bertz CT molecular complexity index is 1050. The summed E-state index contributed by atoms with van der Waals surface area (Å²) in [5, 5.41) is 5.20. The van der Waals surface area contributed by atoms with Gasteiger partial charge in [-0.25, -0.2) is 9.69 Å². The standard InChI is InChI=1S/C22H22IN3O5/c1-4-31-18-11-14(9-16(23)20(18)30-3)10-17-21(28)26(22(29)25-17)12-19(27)24-15-7-5-13(2)6-8-15/h5-11H,4,12H2,1-3H3,(H,24,27)(H,25,29)/b17-10+. The third kappa shape index (κ3) is 5.35. The molecule has 0 aliphatic carbocycles. The van der Waals surface area contributed by atoms with Crippen molar-refractivity contribution in [2.24, 2.45) is 0 Å². The monoisotopic (exact) mass is 535 g/mol. The molecule has 1 aliphatic heterocycles. The van der Waals surface area contributed by atoms with E-state index in [1.54, 1.807) is 37.5 Å². The van der Waals surface area contributed by atoms with Crippen LogP contribution in [0.15, 0.2) is 42.1 Å². The van der Waals surface area contributed by atoms with Gasteiger partial charge in [0.05, 0.1) is 17.3 Å². The van der Waals surface area contributed by atoms with Gasteiger partial charge in [0, 0.05) is 5.69 Å². The number of carbonyl (C=O) groups excluding carboxylic acids is 3. The van der Waals surface area contributed by atoms with Crippen LogP contribution < -0.4 is 20.1 Å². The summed E-state index contributed by atoms with van der Waals surface area (Å²) in [5.74, 6) is 0.0923. The zero-order valence-electron chi connectivity index (χ0n) is 17.3. The van der Waals surface area contributed by atoms with Crippen molar-refractivity contribution in [3.63, 3.8) is 0 Å². The lowest BCUT2D eigenvalue weighted by molar-refractivity contribution is -0.127. The predicted octanol–water partition coefficient (Wildman–Crippen LogP) is 3.54. The maximum Gasteiger partial charge on any atom is 0.329 e. The number of methoxy groups -OCH3 is 1. The molecule has 0 saturated carbocycles. The number of halogens is 1. The van der Waals surface area contributed by atoms with E-state index in [1.807, 2.05) is 26.0 Å². The van der Waals surface area contributed by atoms with Crippen molar-refractivity contribution < 1.29 is 23.9 Å². The molecule has 1 heterocycles. The molecule has 0 unspecified atom stereocenters. The number of nitrogens with one attached hydrogen (secondary N) is 2. The minimum absolute atomic E-state index is 0.0801. The predicted molar refractivity (Wildman–Crippen MR) is 125 cm³/mol. The van der Waals surface area contributed by atoms with Gasteiger partial charge >= 0.3 is 6.03 Å². The Balaban J connectivity index is 1.75. The van der Waals surface area contributed by atoms with E-state index in [9.17, 15) is 14.4 Å². The first-order valence-corrected chi connectivity index (χ1v) is 10.6. The quantitative estimate of drug-likeness (QED) is 0.321. The molecule has 2 aromatic carbocycles. The van der Waals surface area contributed by atoms with Crippen LogP contribution >= 0.6 is 22.6 Å². The number of urea groups is 1. The van der Waals surface area contributed by atoms with Crippen molar-refractivity contribution in [2.75, 3.05) is 25.6 Å². The van der Waals surface area contributed by atoms with E-state index in [0.29, 0.717) is 29.4 Å². The molecular formula is C22H22IN3O5. The maximum absolute atomic E-state index is 12.7. The van der Waals surface area contributed by atoms with E-state index in [2.05, 4.69) is 33.2 Å². The molecular weight excluding hydrogens is 513 g/mol. The molecule has 0 spiro atoms. The van der Waals surface area contributed by atoms with Crippen molar-refractivity contribution in [2.45, 2.75) is 13.8 Å². The largest absolute Gasteiger partial charge is 0.492 e. The molecule has 9 heteroatoms. The van der Waals surface area contributed by atoms with E-state index in [1.165, 1.54) is 0 Å². The van der Waals surface area contributed by atoms with Gasteiger partial charge in [0.25, 0.3) is 5.91 Å². The minimum Gasteiger partial charge on any atom is -0.492 e. The Morgan fingerprint density at radius 2 is 1.94 bits per heavy atom. The second-order valence-corrected chi connectivity index (χ2v) is 7.92. The molecule has 4 amide bonds. The number of imide groups is 1. The summed E-state index contributed by atoms with van der Waals surface area (Å²) in [7, 11) is 1.55. The van der Waals surface area contributed by atoms with Crippen LogP contribution in [0.2, 0.25) is 0 Å². The summed E-state index contributed by atoms with van der Waals surface area (Å²) in [5.41, 5.74) is 2.39. The van der Waals surface area contributed by atoms with Gasteiger partial charge in [-0.2, -0.15) is 0 Å². The number of benzene rings is 2. The molecule has 0 radical (unpaired) electrons. The van der Waals surface area contributed by atoms with Crippen molar-refractivity contribution in [3.8, 4) is 11.5 Å². The van der Waals surface area contributed by atoms with Gasteiger partial charge in [-0.3, -0.25) is 9.59 Å². The van der Waals surface area contributed by atoms with Gasteiger partial charge in [-0.1, -0.05) is 17.7 Å². The number of amides is 4. The van der Waals surface area contributed by atoms with E-state index in [4.69, 9.17) is 9.47 Å². The first-order valence-electron chi connectivity index (χ1n) is 9.53. The lowest BCUT2D eigenvalue weighted by Crippen LogP contribution is -2.38. The fraction of sp³-hybridized carbons (Fsp3) is 0.227. The number of hydrogen-bond acceptors (Lipinski definition) is 5. The first-order chi connectivity index (χ1) is 14.8. The molecule has 0 aromatic heterocycles. The number of anilines is 1. The van der Waals surface area contributed by atoms with Crippen LogP contribution in [0.1, 0.15) is 18.1 Å². The van der Waals surface area contributed by atoms with E-state index >= 15 is 0 Å². The number of ether oxygens (including phenoxy) is 2. The fourth-order valence-corrected chi connectivity index (χ4v) is 3.84. The van der Waals surface area contributed by atoms with Gasteiger partial charge in [-0.05, 0) is 72.3 Å². The zero-order chi connectivity index (χ0) is 22.5. The van der Waals surface area contributed by atoms with Gasteiger partial charge in [0.2, 0.25) is 5.91 Å². The second kappa shape index (κ2) is 9.82. The summed E-state index contributed by atoms with van der Waals surface area (Å²) in [6.45, 7) is 3.86. The Kier molecular flexibility index (Phi) is 7.16. The zero-order valence-corrected chi connectivity index (χ0v) is 19.5. The highest BCUT2D eigenvalue weighted by Gasteiger charge is 2.35. The van der Waals surface area contributed by atoms with Gasteiger partial charge in [0.15, 0.2) is 11.5 Å². The van der Waals surface area contributed by atoms with Crippen molar-refractivity contribution >= 4 is 52.2 Å². The average Bonchev–Trinajstić information content (AvgIpc) is 2.97. The van der Waals surface area contributed by atoms with E-state index < -0.39 is 17.8 Å². The Hall–Kier alpha value is -3.08. The summed E-state index contributed by atoms with van der Waals surface area (Å²) in [6.07, 6.45) is 1.54. The second-order valence-electron chi connectivity index (χ2n) is 6.76. The molecule has 8 nitrogen and oxygen atoms in total. The lowest BCUT2D eigenvalue weighted by Gasteiger charge is -2.12. The summed E-state index contributed by atoms with van der Waals surface area (Å²) < 4.78 is 11.8. The van der Waals surface area contributed by atoms with Crippen molar-refractivity contribution in [3.05, 3.63) is 56.8 Å². The van der Waals surface area contributed by atoms with E-state index in [0.717, 1.165) is 14.0 Å². The van der Waals surface area contributed by atoms with Gasteiger partial charge < -0.3 is 20.1 Å². The summed E-state index contributed by atoms with van der Waals surface area (Å²) in [6, 6.07) is 10.1. The number of hydrogen-bond donors (Lipinski definition) is 2. The van der Waals surface area contributed by atoms with Gasteiger partial charge in [0.1, 0.15) is 12.2 Å². The SMILES string of the molecule is CCOc1cc(/C=C2/NC(=O)N(CC(=O)Nc3ccc(C)cc3)C2=O)cc(I)c1OC. The average molecular weight is 535 g/mol. The molecule has 3 rings (SSSR count). The molecule has 0 atom stereocenters. The number of carbonyl (C=O) groups is 3. The van der Waals surface area contributed by atoms with Crippen LogP contribution in [0.5, 0.6) is 11.5 Å². The number of rotatable bonds is 7. The van der Waals surface area contributed by atoms with Crippen LogP contribution in [0.3, 0.4) is 0 Å². The normalized spacial score (nSPS) is 14.6. The van der Waals surface area contributed by atoms with Crippen LogP contribution in [-0.2, 0) is 9.59 Å². The topological polar surface area (TPSA) is 97.0 Å². The van der Waals surface area contributed by atoms with Crippen LogP contribution in [0.25, 0.3) is 6.08 Å². The number of nitrogens with zero attached hydrogens (tertiary/aromatic N) is 1. The molecule has 1 fully saturated rings. The molecule has 2 aromatic rings. The van der Waals surface area contributed by atoms with Crippen LogP contribution in [-0.4, -0.2) is 43.0 Å². The molecule has 0 bridgehead atoms. The molecule has 31 heavy (non-hydrogen) atoms. The Labute approximate surface area is 193 Å². The molecule has 2 N–H and O–H groups in total. The fourth-order valence-electron chi connectivity index (χ4n) is 3.00. The molecule has 1 aliphatic rings. The highest BCUT2D eigenvalue weighted by atomic mass is 127. The van der Waals surface area contributed by atoms with Crippen LogP contribution in [0, 0.1) is 10.5 Å². The highest BCUT2D eigenvalue weighted by Crippen LogP contribution is 2.34. The lowest BCUT2D eigenvalue weighted by atomic mass is 10.1. The number of aryl methyl sites for hydroxylation is 1. The maximum atomic E-state index is 12.7. The molecule has 162 valence electrons. The van der Waals surface area contributed by atoms with Crippen molar-refractivity contribution in [1.82, 2.24) is 10.2 Å². The highest BCUT2D eigenvalue weighted by molar-refractivity contribution is 14.1.